The van der Waals surface area contributed by atoms with E-state index in [0.717, 1.165) is 4.90 Å². The van der Waals surface area contributed by atoms with E-state index in [1.54, 1.807) is 18.2 Å². The van der Waals surface area contributed by atoms with E-state index in [4.69, 9.17) is 18.8 Å². The zero-order valence-electron chi connectivity index (χ0n) is 16.1. The molecule has 1 fully saturated rings. The minimum atomic E-state index is -4.97. The number of nitrogens with zero attached hydrogens (tertiary/aromatic N) is 2. The van der Waals surface area contributed by atoms with Crippen molar-refractivity contribution in [3.8, 4) is 5.75 Å². The van der Waals surface area contributed by atoms with Crippen LogP contribution in [0.1, 0.15) is 23.2 Å². The quantitative estimate of drug-likeness (QED) is 0.216. The standard InChI is InChI=1S/C16H21N3O10S/c1-25-5-6-27-9-28-10-3-4-11-12(7-10)13-8-18(14(11)15(20)17-26-2)16(21)19(13)29-30(22,23)24/h3-4,7,13-14H,5-6,8-9H2,1-2H3,(H,17,20)(H,22,23,24). The number of nitrogens with one attached hydrogen (secondary N) is 1. The van der Waals surface area contributed by atoms with Crippen LogP contribution in [0.4, 0.5) is 4.79 Å². The molecule has 1 aromatic carbocycles. The van der Waals surface area contributed by atoms with Crippen LogP contribution in [0.3, 0.4) is 0 Å². The molecule has 0 spiro atoms. The maximum absolute atomic E-state index is 12.7. The van der Waals surface area contributed by atoms with Crippen molar-refractivity contribution in [3.63, 3.8) is 0 Å². The largest absolute Gasteiger partial charge is 0.468 e. The van der Waals surface area contributed by atoms with Gasteiger partial charge in [-0.1, -0.05) is 6.07 Å². The number of hydrogen-bond acceptors (Lipinski definition) is 9. The van der Waals surface area contributed by atoms with Crippen molar-refractivity contribution < 1.29 is 45.9 Å². The van der Waals surface area contributed by atoms with Crippen molar-refractivity contribution in [1.82, 2.24) is 15.4 Å². The number of ether oxygens (including phenoxy) is 3. The summed E-state index contributed by atoms with van der Waals surface area (Å²) >= 11 is 0. The summed E-state index contributed by atoms with van der Waals surface area (Å²) in [7, 11) is -2.19. The summed E-state index contributed by atoms with van der Waals surface area (Å²) in [4.78, 5) is 31.0. The van der Waals surface area contributed by atoms with E-state index in [2.05, 4.69) is 14.6 Å². The Morgan fingerprint density at radius 2 is 2.03 bits per heavy atom. The Morgan fingerprint density at radius 3 is 2.70 bits per heavy atom. The van der Waals surface area contributed by atoms with E-state index in [1.807, 2.05) is 0 Å². The number of hydrogen-bond donors (Lipinski definition) is 2. The molecule has 1 aromatic rings. The van der Waals surface area contributed by atoms with Gasteiger partial charge in [-0.05, 0) is 23.3 Å². The zero-order chi connectivity index (χ0) is 21.9. The number of fused-ring (bicyclic) bond motifs is 4. The lowest BCUT2D eigenvalue weighted by molar-refractivity contribution is -0.136. The smallest absolute Gasteiger partial charge is 0.418 e. The van der Waals surface area contributed by atoms with Crippen LogP contribution in [0.15, 0.2) is 18.2 Å². The highest BCUT2D eigenvalue weighted by Gasteiger charge is 2.52. The molecule has 2 aliphatic rings. The molecule has 2 unspecified atom stereocenters. The third-order valence-corrected chi connectivity index (χ3v) is 4.83. The van der Waals surface area contributed by atoms with Gasteiger partial charge in [0, 0.05) is 7.11 Å². The van der Waals surface area contributed by atoms with E-state index in [9.17, 15) is 18.0 Å². The SMILES string of the molecule is COCCOCOc1ccc2c(c1)C1CN(C(=O)N1OS(=O)(=O)O)C2C(=O)NOC. The number of rotatable bonds is 10. The summed E-state index contributed by atoms with van der Waals surface area (Å²) in [5.74, 6) is -0.285. The van der Waals surface area contributed by atoms with Gasteiger partial charge in [0.2, 0.25) is 0 Å². The molecule has 1 saturated heterocycles. The van der Waals surface area contributed by atoms with E-state index >= 15 is 0 Å². The lowest BCUT2D eigenvalue weighted by Gasteiger charge is -2.31. The monoisotopic (exact) mass is 447 g/mol. The van der Waals surface area contributed by atoms with Gasteiger partial charge in [0.1, 0.15) is 17.8 Å². The fraction of sp³-hybridized carbons (Fsp3) is 0.500. The van der Waals surface area contributed by atoms with Gasteiger partial charge in [-0.3, -0.25) is 14.2 Å². The Hall–Kier alpha value is -2.49. The van der Waals surface area contributed by atoms with Gasteiger partial charge >= 0.3 is 16.4 Å². The summed E-state index contributed by atoms with van der Waals surface area (Å²) in [5, 5.41) is 0.507. The van der Waals surface area contributed by atoms with Crippen molar-refractivity contribution in [3.05, 3.63) is 29.3 Å². The number of carbonyl (C=O) groups is 2. The average molecular weight is 447 g/mol. The molecule has 2 N–H and O–H groups in total. The van der Waals surface area contributed by atoms with Crippen molar-refractivity contribution in [2.24, 2.45) is 0 Å². The molecule has 0 radical (unpaired) electrons. The van der Waals surface area contributed by atoms with Crippen LogP contribution < -0.4 is 10.2 Å². The number of carbonyl (C=O) groups excluding carboxylic acids is 2. The molecular weight excluding hydrogens is 426 g/mol. The van der Waals surface area contributed by atoms with E-state index in [-0.39, 0.29) is 13.3 Å². The maximum Gasteiger partial charge on any atom is 0.418 e. The Kier molecular flexibility index (Phi) is 6.74. The normalized spacial score (nSPS) is 20.3. The first kappa shape index (κ1) is 22.2. The minimum absolute atomic E-state index is 0.0586. The molecule has 0 aromatic heterocycles. The third-order valence-electron chi connectivity index (χ3n) is 4.48. The Balaban J connectivity index is 1.91. The van der Waals surface area contributed by atoms with Crippen LogP contribution in [0.2, 0.25) is 0 Å². The van der Waals surface area contributed by atoms with Gasteiger partial charge in [0.15, 0.2) is 6.79 Å². The Bertz CT molecular complexity index is 909. The van der Waals surface area contributed by atoms with Gasteiger partial charge < -0.3 is 19.1 Å². The number of urea groups is 1. The highest BCUT2D eigenvalue weighted by Crippen LogP contribution is 2.45. The molecule has 3 amide bonds. The number of hydroxylamine groups is 3. The van der Waals surface area contributed by atoms with Gasteiger partial charge in [-0.2, -0.15) is 13.5 Å². The van der Waals surface area contributed by atoms with E-state index < -0.39 is 34.4 Å². The molecule has 30 heavy (non-hydrogen) atoms. The zero-order valence-corrected chi connectivity index (χ0v) is 17.0. The Morgan fingerprint density at radius 1 is 1.27 bits per heavy atom. The molecule has 2 bridgehead atoms. The topological polar surface area (TPSA) is 153 Å². The van der Waals surface area contributed by atoms with Crippen LogP contribution >= 0.6 is 0 Å². The second-order valence-electron chi connectivity index (χ2n) is 6.31. The third kappa shape index (κ3) is 4.63. The summed E-state index contributed by atoms with van der Waals surface area (Å²) < 4.78 is 51.6. The van der Waals surface area contributed by atoms with Crippen LogP contribution in [-0.2, 0) is 33.8 Å². The second kappa shape index (κ2) is 9.11. The fourth-order valence-electron chi connectivity index (χ4n) is 3.32. The highest BCUT2D eigenvalue weighted by molar-refractivity contribution is 7.80. The number of benzene rings is 1. The molecule has 0 saturated carbocycles. The van der Waals surface area contributed by atoms with E-state index in [0.29, 0.717) is 35.2 Å². The van der Waals surface area contributed by atoms with Gasteiger partial charge in [-0.25, -0.2) is 10.3 Å². The van der Waals surface area contributed by atoms with E-state index in [1.165, 1.54) is 14.2 Å². The molecule has 0 aliphatic carbocycles. The molecule has 2 aliphatic heterocycles. The van der Waals surface area contributed by atoms with Crippen LogP contribution in [-0.4, -0.2) is 75.6 Å². The maximum atomic E-state index is 12.7. The van der Waals surface area contributed by atoms with Gasteiger partial charge in [-0.15, -0.1) is 4.28 Å². The summed E-state index contributed by atoms with van der Waals surface area (Å²) in [6, 6.07) is 1.78. The first-order valence-electron chi connectivity index (χ1n) is 8.69. The summed E-state index contributed by atoms with van der Waals surface area (Å²) in [6.45, 7) is 0.586. The lowest BCUT2D eigenvalue weighted by atomic mass is 9.90. The minimum Gasteiger partial charge on any atom is -0.468 e. The lowest BCUT2D eigenvalue weighted by Crippen LogP contribution is -2.43. The second-order valence-corrected chi connectivity index (χ2v) is 7.31. The van der Waals surface area contributed by atoms with Gasteiger partial charge in [0.05, 0.1) is 26.9 Å². The molecule has 3 rings (SSSR count). The first-order chi connectivity index (χ1) is 14.3. The summed E-state index contributed by atoms with van der Waals surface area (Å²) in [6.07, 6.45) is 0. The van der Waals surface area contributed by atoms with Crippen molar-refractivity contribution in [2.45, 2.75) is 12.1 Å². The molecule has 2 heterocycles. The predicted molar refractivity (Wildman–Crippen MR) is 97.0 cm³/mol. The summed E-state index contributed by atoms with van der Waals surface area (Å²) in [5.41, 5.74) is 3.00. The van der Waals surface area contributed by atoms with Crippen LogP contribution in [0.25, 0.3) is 0 Å². The molecule has 14 heteroatoms. The van der Waals surface area contributed by atoms with Crippen LogP contribution in [0, 0.1) is 0 Å². The number of methoxy groups -OCH3 is 1. The van der Waals surface area contributed by atoms with Crippen molar-refractivity contribution >= 4 is 22.3 Å². The molecule has 13 nitrogen and oxygen atoms in total. The Labute approximate surface area is 172 Å². The molecular formula is C16H21N3O10S. The van der Waals surface area contributed by atoms with Gasteiger partial charge in [0.25, 0.3) is 5.91 Å². The average Bonchev–Trinajstić information content (AvgIpc) is 2.94. The molecule has 2 atom stereocenters. The number of amides is 3. The highest BCUT2D eigenvalue weighted by atomic mass is 32.3. The molecule has 166 valence electrons. The van der Waals surface area contributed by atoms with Crippen molar-refractivity contribution in [2.75, 3.05) is 40.8 Å². The van der Waals surface area contributed by atoms with Crippen LogP contribution in [0.5, 0.6) is 5.75 Å². The first-order valence-corrected chi connectivity index (χ1v) is 10.1. The fourth-order valence-corrected chi connectivity index (χ4v) is 3.69. The predicted octanol–water partition coefficient (Wildman–Crippen LogP) is -0.0687. The van der Waals surface area contributed by atoms with Crippen molar-refractivity contribution in [1.29, 1.82) is 0 Å².